The second-order valence-electron chi connectivity index (χ2n) is 9.36. The van der Waals surface area contributed by atoms with Crippen molar-refractivity contribution < 1.29 is 18.9 Å². The van der Waals surface area contributed by atoms with Gasteiger partial charge in [0, 0.05) is 17.1 Å². The highest BCUT2D eigenvalue weighted by atomic mass is 35.5. The Hall–Kier alpha value is -3.91. The van der Waals surface area contributed by atoms with E-state index in [0.717, 1.165) is 25.9 Å². The number of benzene rings is 2. The Balaban J connectivity index is 1.33. The van der Waals surface area contributed by atoms with Gasteiger partial charge >= 0.3 is 0 Å². The Kier molecular flexibility index (Phi) is 9.42. The molecule has 2 aromatic carbocycles. The first kappa shape index (κ1) is 29.6. The number of likely N-dealkylation sites (tertiary alicyclic amines) is 1. The van der Waals surface area contributed by atoms with E-state index < -0.39 is 5.91 Å². The number of hydrogen-bond donors (Lipinski definition) is 2. The highest BCUT2D eigenvalue weighted by Crippen LogP contribution is 2.36. The van der Waals surface area contributed by atoms with E-state index in [4.69, 9.17) is 54.6 Å². The number of amides is 1. The van der Waals surface area contributed by atoms with E-state index in [1.54, 1.807) is 37.4 Å². The summed E-state index contributed by atoms with van der Waals surface area (Å²) < 4.78 is 17.2. The fraction of sp³-hybridized carbons (Fsp3) is 0.308. The molecule has 0 atom stereocenters. The molecule has 13 nitrogen and oxygen atoms in total. The number of piperidine rings is 1. The monoisotopic (exact) mass is 633 g/mol. The molecule has 0 unspecified atom stereocenters. The molecule has 1 aliphatic rings. The second kappa shape index (κ2) is 13.4. The molecular weight excluding hydrogens is 609 g/mol. The Morgan fingerprint density at radius 1 is 1.14 bits per heavy atom. The van der Waals surface area contributed by atoms with Crippen LogP contribution in [0.3, 0.4) is 0 Å². The normalized spacial score (nSPS) is 13.9. The van der Waals surface area contributed by atoms with Gasteiger partial charge in [-0.1, -0.05) is 46.4 Å². The number of rotatable bonds is 10. The van der Waals surface area contributed by atoms with Crippen LogP contribution in [0, 0.1) is 0 Å². The predicted molar refractivity (Wildman–Crippen MR) is 157 cm³/mol. The lowest BCUT2D eigenvalue weighted by molar-refractivity contribution is 0.0944. The van der Waals surface area contributed by atoms with E-state index in [1.807, 2.05) is 0 Å². The number of nitrogens with two attached hydrogens (primary N) is 1. The number of aromatic nitrogens is 5. The van der Waals surface area contributed by atoms with Crippen molar-refractivity contribution in [2.75, 3.05) is 25.9 Å². The lowest BCUT2D eigenvalue weighted by Gasteiger charge is -2.25. The van der Waals surface area contributed by atoms with Crippen LogP contribution in [0.25, 0.3) is 5.82 Å². The number of nitrogens with one attached hydrogen (secondary N) is 1. The fourth-order valence-corrected chi connectivity index (χ4v) is 5.42. The smallest absolute Gasteiger partial charge is 0.292 e. The molecule has 0 spiro atoms. The Labute approximate surface area is 255 Å². The zero-order valence-corrected chi connectivity index (χ0v) is 24.7. The minimum Gasteiger partial charge on any atom is -0.496 e. The van der Waals surface area contributed by atoms with Gasteiger partial charge in [-0.3, -0.25) is 9.69 Å². The summed E-state index contributed by atoms with van der Waals surface area (Å²) in [4.78, 5) is 15.6. The second-order valence-corrected chi connectivity index (χ2v) is 10.6. The van der Waals surface area contributed by atoms with Crippen molar-refractivity contribution in [1.82, 2.24) is 35.6 Å². The molecule has 1 fully saturated rings. The average Bonchev–Trinajstić information content (AvgIpc) is 3.58. The summed E-state index contributed by atoms with van der Waals surface area (Å²) in [5.41, 5.74) is 10.3. The summed E-state index contributed by atoms with van der Waals surface area (Å²) in [5.74, 6) is 0.339. The van der Waals surface area contributed by atoms with E-state index in [1.165, 1.54) is 17.3 Å². The van der Waals surface area contributed by atoms with Crippen LogP contribution in [0.5, 0.6) is 11.5 Å². The minimum absolute atomic E-state index is 0.0314. The van der Waals surface area contributed by atoms with Crippen molar-refractivity contribution in [1.29, 1.82) is 0 Å². The third kappa shape index (κ3) is 6.76. The molecule has 220 valence electrons. The molecule has 1 saturated heterocycles. The Morgan fingerprint density at radius 2 is 1.90 bits per heavy atom. The number of ether oxygens (including phenoxy) is 2. The van der Waals surface area contributed by atoms with Gasteiger partial charge in [-0.2, -0.15) is 9.78 Å². The van der Waals surface area contributed by atoms with Gasteiger partial charge in [0.25, 0.3) is 5.91 Å². The molecule has 16 heteroatoms. The van der Waals surface area contributed by atoms with Crippen molar-refractivity contribution in [3.63, 3.8) is 0 Å². The number of methoxy groups -OCH3 is 1. The van der Waals surface area contributed by atoms with Gasteiger partial charge in [-0.15, -0.1) is 5.10 Å². The molecule has 1 amide bonds. The number of nitrogen functional groups attached to an aromatic ring is 1. The number of hydrogen-bond acceptors (Lipinski definition) is 11. The highest BCUT2D eigenvalue weighted by Gasteiger charge is 2.26. The molecule has 0 radical (unpaired) electrons. The van der Waals surface area contributed by atoms with E-state index in [-0.39, 0.29) is 34.0 Å². The molecule has 42 heavy (non-hydrogen) atoms. The van der Waals surface area contributed by atoms with Crippen LogP contribution >= 0.6 is 34.8 Å². The average molecular weight is 635 g/mol. The fourth-order valence-electron chi connectivity index (χ4n) is 4.49. The Morgan fingerprint density at radius 3 is 2.60 bits per heavy atom. The first-order chi connectivity index (χ1) is 20.3. The quantitative estimate of drug-likeness (QED) is 0.187. The largest absolute Gasteiger partial charge is 0.496 e. The van der Waals surface area contributed by atoms with Crippen molar-refractivity contribution in [2.24, 2.45) is 5.10 Å². The van der Waals surface area contributed by atoms with Gasteiger partial charge in [-0.05, 0) is 72.1 Å². The minimum atomic E-state index is -0.560. The molecular formula is C26H26Cl3N9O4. The summed E-state index contributed by atoms with van der Waals surface area (Å²) in [7, 11) is 1.55. The molecule has 3 heterocycles. The molecule has 3 N–H and O–H groups in total. The van der Waals surface area contributed by atoms with Crippen LogP contribution in [0.1, 0.15) is 46.6 Å². The molecule has 4 aromatic rings. The first-order valence-electron chi connectivity index (χ1n) is 12.9. The summed E-state index contributed by atoms with van der Waals surface area (Å²) in [5, 5.41) is 20.8. The van der Waals surface area contributed by atoms with Gasteiger partial charge in [0.15, 0.2) is 11.4 Å². The third-order valence-electron chi connectivity index (χ3n) is 6.49. The van der Waals surface area contributed by atoms with Crippen LogP contribution in [0.2, 0.25) is 15.1 Å². The summed E-state index contributed by atoms with van der Waals surface area (Å²) in [6, 6.07) is 8.40. The van der Waals surface area contributed by atoms with Gasteiger partial charge in [0.1, 0.15) is 18.1 Å². The van der Waals surface area contributed by atoms with E-state index in [2.05, 4.69) is 36.1 Å². The van der Waals surface area contributed by atoms with E-state index >= 15 is 0 Å². The molecule has 5 rings (SSSR count). The van der Waals surface area contributed by atoms with Crippen LogP contribution in [0.4, 0.5) is 5.82 Å². The van der Waals surface area contributed by atoms with E-state index in [9.17, 15) is 4.79 Å². The van der Waals surface area contributed by atoms with Crippen molar-refractivity contribution >= 4 is 52.7 Å². The van der Waals surface area contributed by atoms with Crippen LogP contribution in [0.15, 0.2) is 40.1 Å². The Bertz CT molecular complexity index is 1580. The number of carbonyl (C=O) groups is 1. The zero-order chi connectivity index (χ0) is 29.6. The zero-order valence-electron chi connectivity index (χ0n) is 22.4. The molecule has 1 aliphatic heterocycles. The van der Waals surface area contributed by atoms with Crippen molar-refractivity contribution in [3.05, 3.63) is 67.9 Å². The number of carbonyl (C=O) groups excluding carboxylic acids is 1. The number of nitrogens with zero attached hydrogens (tertiary/aromatic N) is 7. The SMILES string of the molecule is COc1ccc(/C=N/NC(=O)c2c(CN3CCCCC3)nnn2-c2nonc2N)cc1COc1c(Cl)cc(Cl)cc1Cl. The van der Waals surface area contributed by atoms with Gasteiger partial charge < -0.3 is 15.2 Å². The van der Waals surface area contributed by atoms with Crippen LogP contribution < -0.4 is 20.6 Å². The maximum atomic E-state index is 13.4. The topological polar surface area (TPSA) is 159 Å². The van der Waals surface area contributed by atoms with Crippen molar-refractivity contribution in [3.8, 4) is 17.3 Å². The standard InChI is InChI=1S/C26H26Cl3N9O4/c1-40-21-6-5-15(9-16(21)14-41-23-18(28)10-17(27)11-19(23)29)12-31-33-26(39)22-20(13-37-7-3-2-4-8-37)32-36-38(22)25-24(30)34-42-35-25/h5-6,9-12H,2-4,7-8,13-14H2,1H3,(H2,30,34)(H,33,39)/b31-12+. The lowest BCUT2D eigenvalue weighted by atomic mass is 10.1. The van der Waals surface area contributed by atoms with Crippen molar-refractivity contribution in [2.45, 2.75) is 32.4 Å². The predicted octanol–water partition coefficient (Wildman–Crippen LogP) is 4.53. The van der Waals surface area contributed by atoms with Crippen LogP contribution in [-0.2, 0) is 13.2 Å². The van der Waals surface area contributed by atoms with E-state index in [0.29, 0.717) is 39.9 Å². The van der Waals surface area contributed by atoms with Gasteiger partial charge in [0.05, 0.1) is 23.4 Å². The third-order valence-corrected chi connectivity index (χ3v) is 7.27. The first-order valence-corrected chi connectivity index (χ1v) is 14.0. The summed E-state index contributed by atoms with van der Waals surface area (Å²) in [6.45, 7) is 2.33. The van der Waals surface area contributed by atoms with Gasteiger partial charge in [-0.25, -0.2) is 10.1 Å². The summed E-state index contributed by atoms with van der Waals surface area (Å²) >= 11 is 18.5. The van der Waals surface area contributed by atoms with Gasteiger partial charge in [0.2, 0.25) is 11.6 Å². The van der Waals surface area contributed by atoms with Crippen LogP contribution in [-0.4, -0.2) is 62.5 Å². The lowest BCUT2D eigenvalue weighted by Crippen LogP contribution is -2.31. The molecule has 0 saturated carbocycles. The molecule has 0 bridgehead atoms. The summed E-state index contributed by atoms with van der Waals surface area (Å²) in [6.07, 6.45) is 4.81. The maximum absolute atomic E-state index is 13.4. The number of anilines is 1. The maximum Gasteiger partial charge on any atom is 0.292 e. The molecule has 2 aromatic heterocycles. The molecule has 0 aliphatic carbocycles. The number of hydrazone groups is 1. The highest BCUT2D eigenvalue weighted by molar-refractivity contribution is 6.40. The number of halogens is 3.